The number of anilines is 3. The Kier molecular flexibility index (Phi) is 6.78. The number of amides is 1. The number of hydrogen-bond donors (Lipinski definition) is 2. The molecule has 3 N–H and O–H groups in total. The highest BCUT2D eigenvalue weighted by atomic mass is 35.5. The van der Waals surface area contributed by atoms with Gasteiger partial charge in [0.05, 0.1) is 18.2 Å². The second-order valence-corrected chi connectivity index (χ2v) is 7.24. The predicted molar refractivity (Wildman–Crippen MR) is 113 cm³/mol. The number of nitrogens with one attached hydrogen (secondary N) is 1. The molecule has 2 heterocycles. The number of halogens is 2. The van der Waals surface area contributed by atoms with Gasteiger partial charge in [0.25, 0.3) is 5.56 Å². The number of ether oxygens (including phenoxy) is 1. The van der Waals surface area contributed by atoms with Crippen molar-refractivity contribution in [1.82, 2.24) is 9.13 Å². The fraction of sp³-hybridized carbons (Fsp3) is 0.421. The zero-order chi connectivity index (χ0) is 21.8. The molecule has 0 bridgehead atoms. The van der Waals surface area contributed by atoms with Crippen molar-refractivity contribution in [1.29, 1.82) is 0 Å². The third kappa shape index (κ3) is 4.49. The zero-order valence-electron chi connectivity index (χ0n) is 16.5. The lowest BCUT2D eigenvalue weighted by Gasteiger charge is -2.30. The number of carbonyl (C=O) groups excluding carboxylic acids is 1. The number of nitrogens with two attached hydrogens (primary N) is 1. The molecule has 9 nitrogen and oxygen atoms in total. The van der Waals surface area contributed by atoms with Crippen LogP contribution in [0, 0.1) is 5.82 Å². The predicted octanol–water partition coefficient (Wildman–Crippen LogP) is 1.27. The van der Waals surface area contributed by atoms with Gasteiger partial charge in [0, 0.05) is 25.3 Å². The van der Waals surface area contributed by atoms with Gasteiger partial charge in [0.15, 0.2) is 0 Å². The summed E-state index contributed by atoms with van der Waals surface area (Å²) < 4.78 is 20.8. The number of hydrogen-bond acceptors (Lipinski definition) is 6. The van der Waals surface area contributed by atoms with E-state index in [1.54, 1.807) is 4.90 Å². The lowest BCUT2D eigenvalue weighted by Crippen LogP contribution is -2.48. The Bertz CT molecular complexity index is 1060. The van der Waals surface area contributed by atoms with Gasteiger partial charge in [-0.05, 0) is 24.6 Å². The lowest BCUT2D eigenvalue weighted by molar-refractivity contribution is -0.116. The quantitative estimate of drug-likeness (QED) is 0.701. The van der Waals surface area contributed by atoms with E-state index in [1.807, 2.05) is 6.92 Å². The van der Waals surface area contributed by atoms with Crippen LogP contribution in [0.25, 0.3) is 0 Å². The highest BCUT2D eigenvalue weighted by Gasteiger charge is 2.24. The molecule has 0 atom stereocenters. The summed E-state index contributed by atoms with van der Waals surface area (Å²) in [6.07, 6.45) is 0.616. The van der Waals surface area contributed by atoms with Crippen molar-refractivity contribution in [2.75, 3.05) is 42.3 Å². The third-order valence-electron chi connectivity index (χ3n) is 4.72. The average molecular weight is 440 g/mol. The number of benzene rings is 1. The van der Waals surface area contributed by atoms with E-state index in [-0.39, 0.29) is 22.2 Å². The first kappa shape index (κ1) is 21.8. The minimum atomic E-state index is -0.663. The summed E-state index contributed by atoms with van der Waals surface area (Å²) in [6.45, 7) is 3.41. The second-order valence-electron chi connectivity index (χ2n) is 6.84. The second kappa shape index (κ2) is 9.31. The largest absolute Gasteiger partial charge is 0.383 e. The van der Waals surface area contributed by atoms with Gasteiger partial charge in [0.1, 0.15) is 23.9 Å². The van der Waals surface area contributed by atoms with Gasteiger partial charge in [-0.25, -0.2) is 13.8 Å². The Labute approximate surface area is 176 Å². The molecular weight excluding hydrogens is 417 g/mol. The minimum absolute atomic E-state index is 0.0794. The number of rotatable bonds is 6. The van der Waals surface area contributed by atoms with E-state index in [1.165, 1.54) is 16.7 Å². The number of nitrogen functional groups attached to an aromatic ring is 1. The van der Waals surface area contributed by atoms with Crippen LogP contribution >= 0.6 is 11.6 Å². The normalized spacial score (nSPS) is 14.0. The van der Waals surface area contributed by atoms with Crippen LogP contribution < -0.4 is 27.2 Å². The lowest BCUT2D eigenvalue weighted by atomic mass is 10.3. The van der Waals surface area contributed by atoms with Crippen molar-refractivity contribution in [2.24, 2.45) is 0 Å². The van der Waals surface area contributed by atoms with Gasteiger partial charge in [-0.2, -0.15) is 0 Å². The number of morpholine rings is 1. The van der Waals surface area contributed by atoms with E-state index < -0.39 is 29.5 Å². The topological polar surface area (TPSA) is 112 Å². The number of nitrogens with zero attached hydrogens (tertiary/aromatic N) is 3. The van der Waals surface area contributed by atoms with Crippen molar-refractivity contribution >= 4 is 34.7 Å². The van der Waals surface area contributed by atoms with Crippen molar-refractivity contribution in [3.05, 3.63) is 49.9 Å². The molecule has 1 fully saturated rings. The first-order chi connectivity index (χ1) is 14.3. The molecule has 0 saturated carbocycles. The summed E-state index contributed by atoms with van der Waals surface area (Å²) in [4.78, 5) is 40.2. The van der Waals surface area contributed by atoms with Crippen molar-refractivity contribution in [2.45, 2.75) is 26.4 Å². The first-order valence-electron chi connectivity index (χ1n) is 9.54. The molecule has 162 valence electrons. The summed E-state index contributed by atoms with van der Waals surface area (Å²) in [5.41, 5.74) is 5.30. The van der Waals surface area contributed by atoms with Crippen LogP contribution in [-0.2, 0) is 22.6 Å². The van der Waals surface area contributed by atoms with Crippen LogP contribution in [0.5, 0.6) is 0 Å². The molecule has 3 rings (SSSR count). The summed E-state index contributed by atoms with van der Waals surface area (Å²) in [5.74, 6) is -1.17. The molecule has 1 amide bonds. The molecule has 1 aliphatic rings. The Balaban J connectivity index is 1.97. The van der Waals surface area contributed by atoms with Crippen molar-refractivity contribution in [3.63, 3.8) is 0 Å². The highest BCUT2D eigenvalue weighted by molar-refractivity contribution is 6.31. The van der Waals surface area contributed by atoms with E-state index in [4.69, 9.17) is 22.1 Å². The number of carbonyl (C=O) groups is 1. The molecule has 30 heavy (non-hydrogen) atoms. The molecule has 0 radical (unpaired) electrons. The Morgan fingerprint density at radius 2 is 1.97 bits per heavy atom. The molecule has 0 unspecified atom stereocenters. The molecule has 11 heteroatoms. The van der Waals surface area contributed by atoms with Gasteiger partial charge < -0.3 is 20.7 Å². The molecule has 1 saturated heterocycles. The maximum Gasteiger partial charge on any atom is 0.333 e. The Morgan fingerprint density at radius 3 is 2.60 bits per heavy atom. The third-order valence-corrected chi connectivity index (χ3v) is 5.01. The Hall–Kier alpha value is -2.85. The number of aromatic nitrogens is 2. The first-order valence-corrected chi connectivity index (χ1v) is 9.92. The maximum atomic E-state index is 13.3. The van der Waals surface area contributed by atoms with Gasteiger partial charge in [-0.15, -0.1) is 0 Å². The smallest absolute Gasteiger partial charge is 0.333 e. The van der Waals surface area contributed by atoms with Gasteiger partial charge in [-0.1, -0.05) is 18.5 Å². The van der Waals surface area contributed by atoms with E-state index in [9.17, 15) is 18.8 Å². The molecule has 0 spiro atoms. The molecule has 1 aromatic carbocycles. The molecule has 0 aliphatic carbocycles. The average Bonchev–Trinajstić information content (AvgIpc) is 2.72. The summed E-state index contributed by atoms with van der Waals surface area (Å²) in [6, 6.07) is 3.69. The summed E-state index contributed by atoms with van der Waals surface area (Å²) >= 11 is 5.72. The fourth-order valence-corrected chi connectivity index (χ4v) is 3.46. The van der Waals surface area contributed by atoms with Crippen LogP contribution in [0.2, 0.25) is 5.02 Å². The monoisotopic (exact) mass is 439 g/mol. The minimum Gasteiger partial charge on any atom is -0.383 e. The van der Waals surface area contributed by atoms with Crippen LogP contribution in [0.4, 0.5) is 21.6 Å². The van der Waals surface area contributed by atoms with Crippen LogP contribution in [-0.4, -0.2) is 41.3 Å². The Morgan fingerprint density at radius 1 is 1.27 bits per heavy atom. The highest BCUT2D eigenvalue weighted by Crippen LogP contribution is 2.20. The SMILES string of the molecule is CCCn1c(N)c(N2CCOCC2)c(=O)n(CC(=O)Nc2ccc(F)c(Cl)c2)c1=O. The van der Waals surface area contributed by atoms with Crippen LogP contribution in [0.3, 0.4) is 0 Å². The summed E-state index contributed by atoms with van der Waals surface area (Å²) in [7, 11) is 0. The van der Waals surface area contributed by atoms with E-state index in [0.717, 1.165) is 10.6 Å². The standard InChI is InChI=1S/C19H23ClFN5O4/c1-2-5-25-17(22)16(24-6-8-30-9-7-24)18(28)26(19(25)29)11-15(27)23-12-3-4-14(21)13(20)10-12/h3-4,10H,2,5-9,11,22H2,1H3,(H,23,27). The molecule has 1 aromatic heterocycles. The van der Waals surface area contributed by atoms with E-state index in [0.29, 0.717) is 39.3 Å². The molecule has 2 aromatic rings. The van der Waals surface area contributed by atoms with Crippen LogP contribution in [0.15, 0.2) is 27.8 Å². The fourth-order valence-electron chi connectivity index (χ4n) is 3.28. The van der Waals surface area contributed by atoms with Gasteiger partial charge in [0.2, 0.25) is 5.91 Å². The van der Waals surface area contributed by atoms with E-state index in [2.05, 4.69) is 5.32 Å². The molecule has 1 aliphatic heterocycles. The van der Waals surface area contributed by atoms with Crippen molar-refractivity contribution < 1.29 is 13.9 Å². The summed E-state index contributed by atoms with van der Waals surface area (Å²) in [5, 5.41) is 2.36. The zero-order valence-corrected chi connectivity index (χ0v) is 17.2. The molecular formula is C19H23ClFN5O4. The van der Waals surface area contributed by atoms with Gasteiger partial charge >= 0.3 is 5.69 Å². The van der Waals surface area contributed by atoms with Crippen molar-refractivity contribution in [3.8, 4) is 0 Å². The van der Waals surface area contributed by atoms with E-state index >= 15 is 0 Å². The maximum absolute atomic E-state index is 13.3. The van der Waals surface area contributed by atoms with Crippen LogP contribution in [0.1, 0.15) is 13.3 Å². The van der Waals surface area contributed by atoms with Gasteiger partial charge in [-0.3, -0.25) is 14.2 Å².